The zero-order valence-electron chi connectivity index (χ0n) is 19.4. The predicted octanol–water partition coefficient (Wildman–Crippen LogP) is 4.76. The quantitative estimate of drug-likeness (QED) is 0.204. The summed E-state index contributed by atoms with van der Waals surface area (Å²) in [4.78, 5) is 17.3. The summed E-state index contributed by atoms with van der Waals surface area (Å²) < 4.78 is 2.20. The largest absolute Gasteiger partial charge is 0.361 e. The molecule has 0 spiro atoms. The summed E-state index contributed by atoms with van der Waals surface area (Å²) in [6, 6.07) is 19.6. The highest BCUT2D eigenvalue weighted by Gasteiger charge is 2.28. The molecule has 0 saturated carbocycles. The third kappa shape index (κ3) is 4.55. The number of carbonyl (C=O) groups is 1. The minimum atomic E-state index is -0.524. The maximum absolute atomic E-state index is 11.3. The zero-order chi connectivity index (χ0) is 23.5. The molecule has 0 bridgehead atoms. The third-order valence-electron chi connectivity index (χ3n) is 6.95. The van der Waals surface area contributed by atoms with Crippen LogP contribution in [-0.4, -0.2) is 32.1 Å². The Balaban J connectivity index is 1.39. The molecule has 5 rings (SSSR count). The number of carbonyl (C=O) groups excluding carboxylic acids is 1. The van der Waals surface area contributed by atoms with Crippen molar-refractivity contribution in [2.24, 2.45) is 7.05 Å². The van der Waals surface area contributed by atoms with Crippen LogP contribution >= 0.6 is 0 Å². The lowest BCUT2D eigenvalue weighted by Crippen LogP contribution is -2.30. The molecule has 0 unspecified atom stereocenters. The lowest BCUT2D eigenvalue weighted by Gasteiger charge is -2.30. The zero-order valence-corrected chi connectivity index (χ0v) is 19.4. The molecule has 0 aliphatic heterocycles. The average molecular weight is 455 g/mol. The van der Waals surface area contributed by atoms with Crippen molar-refractivity contribution in [3.63, 3.8) is 0 Å². The Morgan fingerprint density at radius 1 is 1.24 bits per heavy atom. The van der Waals surface area contributed by atoms with E-state index in [9.17, 15) is 4.79 Å². The number of amides is 1. The lowest BCUT2D eigenvalue weighted by molar-refractivity contribution is -0.124. The minimum absolute atomic E-state index is 0.355. The first-order valence-corrected chi connectivity index (χ1v) is 11.8. The molecular formula is C28H30N4O2. The Hall–Kier alpha value is -3.61. The van der Waals surface area contributed by atoms with Gasteiger partial charge in [-0.25, -0.2) is 5.48 Å². The molecule has 1 atom stereocenters. The maximum atomic E-state index is 11.3. The van der Waals surface area contributed by atoms with Gasteiger partial charge in [0.2, 0.25) is 0 Å². The summed E-state index contributed by atoms with van der Waals surface area (Å²) in [5.41, 5.74) is 9.16. The molecule has 2 aromatic heterocycles. The van der Waals surface area contributed by atoms with Gasteiger partial charge in [-0.1, -0.05) is 36.4 Å². The van der Waals surface area contributed by atoms with Crippen LogP contribution in [0.4, 0.5) is 0 Å². The number of hydroxylamine groups is 1. The van der Waals surface area contributed by atoms with Gasteiger partial charge in [0.05, 0.1) is 0 Å². The second-order valence-electron chi connectivity index (χ2n) is 9.01. The fourth-order valence-electron chi connectivity index (χ4n) is 5.12. The molecule has 3 N–H and O–H groups in total. The molecule has 1 aliphatic carbocycles. The Labute approximate surface area is 199 Å². The molecule has 0 saturated heterocycles. The summed E-state index contributed by atoms with van der Waals surface area (Å²) in [7, 11) is 2.11. The van der Waals surface area contributed by atoms with Crippen molar-refractivity contribution < 1.29 is 10.0 Å². The number of fused-ring (bicyclic) bond motifs is 2. The molecule has 1 aliphatic rings. The average Bonchev–Trinajstić information content (AvgIpc) is 3.58. The summed E-state index contributed by atoms with van der Waals surface area (Å²) in [5, 5.41) is 10.0. The van der Waals surface area contributed by atoms with E-state index in [-0.39, 0.29) is 0 Å². The summed E-state index contributed by atoms with van der Waals surface area (Å²) in [6.45, 7) is 1.86. The van der Waals surface area contributed by atoms with Crippen molar-refractivity contribution in [1.29, 1.82) is 0 Å². The first-order valence-electron chi connectivity index (χ1n) is 11.8. The van der Waals surface area contributed by atoms with Crippen LogP contribution in [0.3, 0.4) is 0 Å². The molecular weight excluding hydrogens is 424 g/mol. The van der Waals surface area contributed by atoms with Gasteiger partial charge in [0, 0.05) is 61.2 Å². The highest BCUT2D eigenvalue weighted by Crippen LogP contribution is 2.37. The predicted molar refractivity (Wildman–Crippen MR) is 134 cm³/mol. The number of H-pyrrole nitrogens is 1. The van der Waals surface area contributed by atoms with Crippen LogP contribution < -0.4 is 5.48 Å². The molecule has 2 aromatic carbocycles. The number of nitrogens with one attached hydrogen (secondary N) is 2. The van der Waals surface area contributed by atoms with Crippen molar-refractivity contribution >= 4 is 22.9 Å². The van der Waals surface area contributed by atoms with Gasteiger partial charge in [0.15, 0.2) is 0 Å². The smallest absolute Gasteiger partial charge is 0.267 e. The van der Waals surface area contributed by atoms with Crippen LogP contribution in [0.1, 0.15) is 40.4 Å². The first-order chi connectivity index (χ1) is 16.6. The van der Waals surface area contributed by atoms with E-state index < -0.39 is 5.91 Å². The van der Waals surface area contributed by atoms with Gasteiger partial charge in [-0.3, -0.25) is 14.9 Å². The van der Waals surface area contributed by atoms with Crippen LogP contribution in [0.25, 0.3) is 17.0 Å². The van der Waals surface area contributed by atoms with E-state index in [0.29, 0.717) is 6.04 Å². The van der Waals surface area contributed by atoms with Crippen LogP contribution in [-0.2, 0) is 31.2 Å². The van der Waals surface area contributed by atoms with E-state index in [1.54, 1.807) is 11.6 Å². The monoisotopic (exact) mass is 454 g/mol. The van der Waals surface area contributed by atoms with Crippen molar-refractivity contribution in [3.8, 4) is 0 Å². The Kier molecular flexibility index (Phi) is 6.34. The van der Waals surface area contributed by atoms with Gasteiger partial charge in [-0.15, -0.1) is 0 Å². The standard InChI is InChI=1S/C28H30N4O2/c1-31-15-4-5-23(31)19-32(16-14-22-18-29-26-7-3-2-6-24(22)26)27-12-10-21-17-20(8-11-25(21)27)9-13-28(33)30-34/h2-9,11,13,15,17-18,27,29,34H,10,12,14,16,19H2,1H3,(H,30,33)/t27-/m1/s1. The van der Waals surface area contributed by atoms with Crippen LogP contribution in [0.5, 0.6) is 0 Å². The van der Waals surface area contributed by atoms with E-state index >= 15 is 0 Å². The first kappa shape index (κ1) is 22.2. The second-order valence-corrected chi connectivity index (χ2v) is 9.01. The van der Waals surface area contributed by atoms with Crippen LogP contribution in [0.15, 0.2) is 73.1 Å². The normalized spacial score (nSPS) is 15.4. The van der Waals surface area contributed by atoms with Crippen molar-refractivity contribution in [2.45, 2.75) is 31.8 Å². The fraction of sp³-hybridized carbons (Fsp3) is 0.250. The molecule has 1 amide bonds. The van der Waals surface area contributed by atoms with E-state index in [2.05, 4.69) is 88.5 Å². The number of hydrogen-bond acceptors (Lipinski definition) is 3. The highest BCUT2D eigenvalue weighted by atomic mass is 16.5. The van der Waals surface area contributed by atoms with E-state index in [4.69, 9.17) is 5.21 Å². The van der Waals surface area contributed by atoms with Gasteiger partial charge >= 0.3 is 0 Å². The topological polar surface area (TPSA) is 73.3 Å². The number of nitrogens with zero attached hydrogens (tertiary/aromatic N) is 2. The SMILES string of the molecule is Cn1cccc1CN(CCc1c[nH]c2ccccc12)[C@@H]1CCc2cc(C=CC(=O)NO)ccc21. The second kappa shape index (κ2) is 9.71. The van der Waals surface area contributed by atoms with Gasteiger partial charge in [0.25, 0.3) is 5.91 Å². The molecule has 0 fully saturated rings. The van der Waals surface area contributed by atoms with Crippen molar-refractivity contribution in [3.05, 3.63) is 101 Å². The van der Waals surface area contributed by atoms with Crippen molar-refractivity contribution in [2.75, 3.05) is 6.54 Å². The number of benzene rings is 2. The number of aryl methyl sites for hydroxylation is 2. The maximum Gasteiger partial charge on any atom is 0.267 e. The summed E-state index contributed by atoms with van der Waals surface area (Å²) >= 11 is 0. The number of aromatic amines is 1. The molecule has 34 heavy (non-hydrogen) atoms. The van der Waals surface area contributed by atoms with Crippen LogP contribution in [0.2, 0.25) is 0 Å². The number of rotatable bonds is 8. The van der Waals surface area contributed by atoms with E-state index in [1.807, 2.05) is 0 Å². The van der Waals surface area contributed by atoms with E-state index in [0.717, 1.165) is 37.9 Å². The number of hydrogen-bond donors (Lipinski definition) is 3. The lowest BCUT2D eigenvalue weighted by atomic mass is 10.0. The molecule has 0 radical (unpaired) electrons. The fourth-order valence-corrected chi connectivity index (χ4v) is 5.12. The Morgan fingerprint density at radius 2 is 2.12 bits per heavy atom. The number of para-hydroxylation sites is 1. The van der Waals surface area contributed by atoms with Gasteiger partial charge in [0.1, 0.15) is 0 Å². The molecule has 2 heterocycles. The third-order valence-corrected chi connectivity index (χ3v) is 6.95. The Bertz CT molecular complexity index is 1330. The molecule has 6 nitrogen and oxygen atoms in total. The molecule has 4 aromatic rings. The van der Waals surface area contributed by atoms with Crippen molar-refractivity contribution in [1.82, 2.24) is 19.9 Å². The summed E-state index contributed by atoms with van der Waals surface area (Å²) in [6.07, 6.45) is 10.4. The minimum Gasteiger partial charge on any atom is -0.361 e. The highest BCUT2D eigenvalue weighted by molar-refractivity contribution is 5.90. The molecule has 6 heteroatoms. The van der Waals surface area contributed by atoms with Gasteiger partial charge in [-0.05, 0) is 65.8 Å². The summed E-state index contributed by atoms with van der Waals surface area (Å²) in [5.74, 6) is -0.524. The van der Waals surface area contributed by atoms with E-state index in [1.165, 1.54) is 39.4 Å². The Morgan fingerprint density at radius 3 is 2.94 bits per heavy atom. The van der Waals surface area contributed by atoms with Gasteiger partial charge in [-0.2, -0.15) is 0 Å². The molecule has 174 valence electrons. The van der Waals surface area contributed by atoms with Gasteiger partial charge < -0.3 is 9.55 Å². The van der Waals surface area contributed by atoms with Crippen LogP contribution in [0, 0.1) is 0 Å². The number of aromatic nitrogens is 2.